The molecular formula is C15H27N3S. The van der Waals surface area contributed by atoms with Gasteiger partial charge in [-0.2, -0.15) is 0 Å². The van der Waals surface area contributed by atoms with Crippen molar-refractivity contribution in [3.8, 4) is 0 Å². The standard InChI is InChI=1S/C15H27N3S/c1-3-15-18-14(11-19-15)10-17-12(2)9-13-7-5-4-6-8-16-13/h11-13,16-17H,3-10H2,1-2H3. The molecule has 2 N–H and O–H groups in total. The predicted molar refractivity (Wildman–Crippen MR) is 82.7 cm³/mol. The van der Waals surface area contributed by atoms with Gasteiger partial charge in [-0.3, -0.25) is 0 Å². The lowest BCUT2D eigenvalue weighted by Crippen LogP contribution is -2.36. The molecule has 0 spiro atoms. The van der Waals surface area contributed by atoms with Crippen LogP contribution in [-0.4, -0.2) is 23.6 Å². The Morgan fingerprint density at radius 3 is 3.16 bits per heavy atom. The van der Waals surface area contributed by atoms with Crippen molar-refractivity contribution in [2.24, 2.45) is 0 Å². The number of rotatable bonds is 6. The summed E-state index contributed by atoms with van der Waals surface area (Å²) in [5.41, 5.74) is 1.20. The van der Waals surface area contributed by atoms with Gasteiger partial charge in [0.05, 0.1) is 10.7 Å². The van der Waals surface area contributed by atoms with Crippen molar-refractivity contribution < 1.29 is 0 Å². The molecule has 2 heterocycles. The lowest BCUT2D eigenvalue weighted by Gasteiger charge is -2.21. The van der Waals surface area contributed by atoms with Crippen molar-refractivity contribution in [3.05, 3.63) is 16.1 Å². The van der Waals surface area contributed by atoms with Gasteiger partial charge in [0, 0.05) is 24.0 Å². The number of thiazole rings is 1. The van der Waals surface area contributed by atoms with Crippen LogP contribution in [0, 0.1) is 0 Å². The molecule has 1 aliphatic rings. The van der Waals surface area contributed by atoms with E-state index in [4.69, 9.17) is 0 Å². The fourth-order valence-electron chi connectivity index (χ4n) is 2.68. The van der Waals surface area contributed by atoms with E-state index >= 15 is 0 Å². The Bertz CT molecular complexity index is 356. The number of hydrogen-bond acceptors (Lipinski definition) is 4. The van der Waals surface area contributed by atoms with E-state index in [1.165, 1.54) is 49.4 Å². The van der Waals surface area contributed by atoms with Crippen LogP contribution < -0.4 is 10.6 Å². The molecular weight excluding hydrogens is 254 g/mol. The van der Waals surface area contributed by atoms with E-state index in [9.17, 15) is 0 Å². The topological polar surface area (TPSA) is 37.0 Å². The molecule has 4 heteroatoms. The van der Waals surface area contributed by atoms with Gasteiger partial charge in [-0.15, -0.1) is 11.3 Å². The van der Waals surface area contributed by atoms with E-state index in [1.54, 1.807) is 11.3 Å². The third-order valence-electron chi connectivity index (χ3n) is 3.83. The highest BCUT2D eigenvalue weighted by Gasteiger charge is 2.14. The predicted octanol–water partition coefficient (Wildman–Crippen LogP) is 3.11. The Labute approximate surface area is 121 Å². The number of nitrogens with one attached hydrogen (secondary N) is 2. The second-order valence-corrected chi connectivity index (χ2v) is 6.55. The summed E-state index contributed by atoms with van der Waals surface area (Å²) in [5, 5.41) is 10.7. The van der Waals surface area contributed by atoms with Crippen molar-refractivity contribution in [3.63, 3.8) is 0 Å². The van der Waals surface area contributed by atoms with Crippen LogP contribution >= 0.6 is 11.3 Å². The molecule has 0 bridgehead atoms. The molecule has 0 radical (unpaired) electrons. The Morgan fingerprint density at radius 1 is 1.47 bits per heavy atom. The highest BCUT2D eigenvalue weighted by Crippen LogP contribution is 2.13. The average Bonchev–Trinajstić information content (AvgIpc) is 2.73. The summed E-state index contributed by atoms with van der Waals surface area (Å²) < 4.78 is 0. The molecule has 1 aromatic rings. The largest absolute Gasteiger partial charge is 0.314 e. The minimum Gasteiger partial charge on any atom is -0.314 e. The van der Waals surface area contributed by atoms with E-state index < -0.39 is 0 Å². The van der Waals surface area contributed by atoms with Crippen molar-refractivity contribution in [1.29, 1.82) is 0 Å². The third kappa shape index (κ3) is 5.21. The Morgan fingerprint density at radius 2 is 2.37 bits per heavy atom. The minimum atomic E-state index is 0.558. The molecule has 0 amide bonds. The molecule has 0 aliphatic carbocycles. The molecule has 1 aromatic heterocycles. The van der Waals surface area contributed by atoms with Gasteiger partial charge >= 0.3 is 0 Å². The SMILES string of the molecule is CCc1nc(CNC(C)CC2CCCCCN2)cs1. The lowest BCUT2D eigenvalue weighted by atomic mass is 10.0. The van der Waals surface area contributed by atoms with Crippen molar-refractivity contribution in [2.75, 3.05) is 6.54 Å². The summed E-state index contributed by atoms with van der Waals surface area (Å²) in [6, 6.07) is 1.26. The maximum atomic E-state index is 4.60. The number of nitrogens with zero attached hydrogens (tertiary/aromatic N) is 1. The van der Waals surface area contributed by atoms with Gasteiger partial charge < -0.3 is 10.6 Å². The molecule has 2 unspecified atom stereocenters. The van der Waals surface area contributed by atoms with Crippen LogP contribution in [-0.2, 0) is 13.0 Å². The fourth-order valence-corrected chi connectivity index (χ4v) is 3.43. The van der Waals surface area contributed by atoms with Gasteiger partial charge in [-0.1, -0.05) is 19.8 Å². The van der Waals surface area contributed by atoms with Gasteiger partial charge in [0.25, 0.3) is 0 Å². The highest BCUT2D eigenvalue weighted by atomic mass is 32.1. The molecule has 0 saturated carbocycles. The van der Waals surface area contributed by atoms with Gasteiger partial charge in [-0.25, -0.2) is 4.98 Å². The molecule has 0 aromatic carbocycles. The Hall–Kier alpha value is -0.450. The summed E-state index contributed by atoms with van der Waals surface area (Å²) in [4.78, 5) is 4.60. The van der Waals surface area contributed by atoms with E-state index in [2.05, 4.69) is 34.8 Å². The van der Waals surface area contributed by atoms with Crippen molar-refractivity contribution in [1.82, 2.24) is 15.6 Å². The summed E-state index contributed by atoms with van der Waals surface area (Å²) in [6.45, 7) is 6.56. The van der Waals surface area contributed by atoms with E-state index in [1.807, 2.05) is 0 Å². The van der Waals surface area contributed by atoms with E-state index in [0.29, 0.717) is 12.1 Å². The van der Waals surface area contributed by atoms with Crippen LogP contribution in [0.25, 0.3) is 0 Å². The van der Waals surface area contributed by atoms with Crippen LogP contribution in [0.15, 0.2) is 5.38 Å². The zero-order chi connectivity index (χ0) is 13.5. The highest BCUT2D eigenvalue weighted by molar-refractivity contribution is 7.09. The van der Waals surface area contributed by atoms with Gasteiger partial charge in [0.15, 0.2) is 0 Å². The third-order valence-corrected chi connectivity index (χ3v) is 4.88. The molecule has 1 aliphatic heterocycles. The molecule has 1 saturated heterocycles. The second-order valence-electron chi connectivity index (χ2n) is 5.60. The first-order valence-electron chi connectivity index (χ1n) is 7.68. The first-order chi connectivity index (χ1) is 9.28. The minimum absolute atomic E-state index is 0.558. The molecule has 2 atom stereocenters. The summed E-state index contributed by atoms with van der Waals surface area (Å²) in [7, 11) is 0. The lowest BCUT2D eigenvalue weighted by molar-refractivity contribution is 0.401. The zero-order valence-corrected chi connectivity index (χ0v) is 13.1. The first kappa shape index (κ1) is 14.9. The molecule has 3 nitrogen and oxygen atoms in total. The van der Waals surface area contributed by atoms with Crippen LogP contribution in [0.2, 0.25) is 0 Å². The van der Waals surface area contributed by atoms with Crippen LogP contribution in [0.4, 0.5) is 0 Å². The van der Waals surface area contributed by atoms with E-state index in [0.717, 1.165) is 13.0 Å². The fraction of sp³-hybridized carbons (Fsp3) is 0.800. The number of aryl methyl sites for hydroxylation is 1. The zero-order valence-electron chi connectivity index (χ0n) is 12.2. The molecule has 2 rings (SSSR count). The molecule has 108 valence electrons. The smallest absolute Gasteiger partial charge is 0.0926 e. The summed E-state index contributed by atoms with van der Waals surface area (Å²) in [5.74, 6) is 0. The quantitative estimate of drug-likeness (QED) is 0.841. The van der Waals surface area contributed by atoms with Crippen molar-refractivity contribution >= 4 is 11.3 Å². The normalized spacial score (nSPS) is 22.1. The number of hydrogen-bond donors (Lipinski definition) is 2. The summed E-state index contributed by atoms with van der Waals surface area (Å²) >= 11 is 1.78. The maximum absolute atomic E-state index is 4.60. The average molecular weight is 281 g/mol. The van der Waals surface area contributed by atoms with Crippen LogP contribution in [0.5, 0.6) is 0 Å². The first-order valence-corrected chi connectivity index (χ1v) is 8.56. The molecule has 19 heavy (non-hydrogen) atoms. The number of aromatic nitrogens is 1. The van der Waals surface area contributed by atoms with Crippen LogP contribution in [0.1, 0.15) is 56.7 Å². The van der Waals surface area contributed by atoms with Crippen LogP contribution in [0.3, 0.4) is 0 Å². The van der Waals surface area contributed by atoms with Gasteiger partial charge in [0.1, 0.15) is 0 Å². The molecule has 1 fully saturated rings. The second kappa shape index (κ2) is 7.98. The maximum Gasteiger partial charge on any atom is 0.0926 e. The Kier molecular flexibility index (Phi) is 6.28. The monoisotopic (exact) mass is 281 g/mol. The van der Waals surface area contributed by atoms with E-state index in [-0.39, 0.29) is 0 Å². The van der Waals surface area contributed by atoms with Gasteiger partial charge in [-0.05, 0) is 39.2 Å². The summed E-state index contributed by atoms with van der Waals surface area (Å²) in [6.07, 6.45) is 7.73. The van der Waals surface area contributed by atoms with Gasteiger partial charge in [0.2, 0.25) is 0 Å². The Balaban J connectivity index is 1.69. The van der Waals surface area contributed by atoms with Crippen molar-refractivity contribution in [2.45, 2.75) is 71.0 Å².